The van der Waals surface area contributed by atoms with Crippen LogP contribution in [0.15, 0.2) is 24.3 Å². The van der Waals surface area contributed by atoms with Gasteiger partial charge >= 0.3 is 0 Å². The predicted octanol–water partition coefficient (Wildman–Crippen LogP) is 3.01. The van der Waals surface area contributed by atoms with Gasteiger partial charge in [-0.2, -0.15) is 0 Å². The molecule has 0 amide bonds. The first-order valence-corrected chi connectivity index (χ1v) is 7.23. The molecule has 1 unspecified atom stereocenters. The summed E-state index contributed by atoms with van der Waals surface area (Å²) >= 11 is 0. The summed E-state index contributed by atoms with van der Waals surface area (Å²) in [5, 5.41) is 0. The Hall–Kier alpha value is -0.900. The van der Waals surface area contributed by atoms with E-state index >= 15 is 0 Å². The molecule has 106 valence electrons. The minimum atomic E-state index is 0.0718. The Bertz CT molecular complexity index is 377. The van der Waals surface area contributed by atoms with Crippen LogP contribution in [0, 0.1) is 0 Å². The van der Waals surface area contributed by atoms with Crippen LogP contribution in [0.4, 0.5) is 0 Å². The predicted molar refractivity (Wildman–Crippen MR) is 77.3 cm³/mol. The maximum absolute atomic E-state index is 6.23. The summed E-state index contributed by atoms with van der Waals surface area (Å²) in [7, 11) is 1.68. The minimum absolute atomic E-state index is 0.0718. The highest BCUT2D eigenvalue weighted by Crippen LogP contribution is 2.36. The van der Waals surface area contributed by atoms with E-state index in [-0.39, 0.29) is 6.04 Å². The highest BCUT2D eigenvalue weighted by Gasteiger charge is 2.20. The third kappa shape index (κ3) is 4.30. The Morgan fingerprint density at radius 2 is 2.11 bits per heavy atom. The second kappa shape index (κ2) is 7.63. The third-order valence-corrected chi connectivity index (χ3v) is 3.92. The fraction of sp³-hybridized carbons (Fsp3) is 0.625. The fourth-order valence-corrected chi connectivity index (χ4v) is 2.41. The zero-order chi connectivity index (χ0) is 13.5. The van der Waals surface area contributed by atoms with E-state index in [1.54, 1.807) is 7.11 Å². The van der Waals surface area contributed by atoms with E-state index in [0.717, 1.165) is 12.3 Å². The fourth-order valence-electron chi connectivity index (χ4n) is 2.41. The van der Waals surface area contributed by atoms with Crippen molar-refractivity contribution in [1.29, 1.82) is 0 Å². The van der Waals surface area contributed by atoms with Crippen LogP contribution in [-0.2, 0) is 9.47 Å². The molecule has 3 heteroatoms. The summed E-state index contributed by atoms with van der Waals surface area (Å²) in [5.41, 5.74) is 8.92. The molecule has 0 saturated heterocycles. The van der Waals surface area contributed by atoms with Gasteiger partial charge in [-0.3, -0.25) is 0 Å². The van der Waals surface area contributed by atoms with Gasteiger partial charge in [-0.15, -0.1) is 0 Å². The summed E-state index contributed by atoms with van der Waals surface area (Å²) in [4.78, 5) is 0. The molecule has 3 nitrogen and oxygen atoms in total. The normalized spacial score (nSPS) is 17.2. The lowest BCUT2D eigenvalue weighted by atomic mass is 9.79. The molecule has 0 bridgehead atoms. The quantitative estimate of drug-likeness (QED) is 0.733. The zero-order valence-corrected chi connectivity index (χ0v) is 11.8. The van der Waals surface area contributed by atoms with Crippen molar-refractivity contribution in [2.45, 2.75) is 37.6 Å². The number of hydrogen-bond acceptors (Lipinski definition) is 3. The molecule has 1 aromatic carbocycles. The summed E-state index contributed by atoms with van der Waals surface area (Å²) in [6.07, 6.45) is 4.89. The lowest BCUT2D eigenvalue weighted by Gasteiger charge is -2.26. The van der Waals surface area contributed by atoms with Crippen LogP contribution in [0.25, 0.3) is 0 Å². The van der Waals surface area contributed by atoms with Gasteiger partial charge in [0.15, 0.2) is 0 Å². The van der Waals surface area contributed by atoms with Crippen molar-refractivity contribution in [2.75, 3.05) is 26.9 Å². The van der Waals surface area contributed by atoms with Gasteiger partial charge in [0.25, 0.3) is 0 Å². The second-order valence-corrected chi connectivity index (χ2v) is 5.30. The molecule has 1 aliphatic carbocycles. The lowest BCUT2D eigenvalue weighted by molar-refractivity contribution is 0.0672. The van der Waals surface area contributed by atoms with E-state index in [0.29, 0.717) is 19.8 Å². The van der Waals surface area contributed by atoms with Gasteiger partial charge in [0.05, 0.1) is 13.2 Å². The van der Waals surface area contributed by atoms with E-state index in [1.165, 1.54) is 30.4 Å². The Morgan fingerprint density at radius 3 is 2.79 bits per heavy atom. The minimum Gasteiger partial charge on any atom is -0.382 e. The van der Waals surface area contributed by atoms with Gasteiger partial charge < -0.3 is 15.2 Å². The second-order valence-electron chi connectivity index (χ2n) is 5.30. The third-order valence-electron chi connectivity index (χ3n) is 3.92. The van der Waals surface area contributed by atoms with Crippen LogP contribution in [0.5, 0.6) is 0 Å². The van der Waals surface area contributed by atoms with Crippen molar-refractivity contribution in [2.24, 2.45) is 5.73 Å². The molecule has 0 aromatic heterocycles. The maximum Gasteiger partial charge on any atom is 0.0700 e. The lowest BCUT2D eigenvalue weighted by Crippen LogP contribution is -2.15. The largest absolute Gasteiger partial charge is 0.382 e. The molecule has 1 aromatic rings. The summed E-state index contributed by atoms with van der Waals surface area (Å²) in [6.45, 7) is 1.98. The number of hydrogen-bond donors (Lipinski definition) is 1. The first kappa shape index (κ1) is 14.5. The number of nitrogens with two attached hydrogens (primary N) is 1. The van der Waals surface area contributed by atoms with Crippen LogP contribution in [0.1, 0.15) is 48.8 Å². The maximum atomic E-state index is 6.23. The molecule has 1 atom stereocenters. The smallest absolute Gasteiger partial charge is 0.0700 e. The van der Waals surface area contributed by atoms with Gasteiger partial charge in [-0.05, 0) is 36.3 Å². The molecule has 2 rings (SSSR count). The number of ether oxygens (including phenoxy) is 2. The first-order chi connectivity index (χ1) is 9.31. The zero-order valence-electron chi connectivity index (χ0n) is 11.8. The van der Waals surface area contributed by atoms with Crippen LogP contribution in [-0.4, -0.2) is 26.9 Å². The van der Waals surface area contributed by atoms with Crippen LogP contribution >= 0.6 is 0 Å². The van der Waals surface area contributed by atoms with Gasteiger partial charge in [0, 0.05) is 19.8 Å². The standard InChI is InChI=1S/C16H25NO2/c1-18-10-11-19-9-8-16(17)15-7-3-6-14(12-15)13-4-2-5-13/h3,6-7,12-13,16H,2,4-5,8-11,17H2,1H3. The Morgan fingerprint density at radius 1 is 1.26 bits per heavy atom. The molecular formula is C16H25NO2. The highest BCUT2D eigenvalue weighted by atomic mass is 16.5. The monoisotopic (exact) mass is 263 g/mol. The SMILES string of the molecule is COCCOCCC(N)c1cccc(C2CCC2)c1. The summed E-state index contributed by atoms with van der Waals surface area (Å²) < 4.78 is 10.4. The van der Waals surface area contributed by atoms with Crippen LogP contribution < -0.4 is 5.73 Å². The van der Waals surface area contributed by atoms with E-state index in [4.69, 9.17) is 15.2 Å². The van der Waals surface area contributed by atoms with Crippen molar-refractivity contribution in [3.05, 3.63) is 35.4 Å². The molecule has 1 aliphatic rings. The molecule has 0 heterocycles. The van der Waals surface area contributed by atoms with Crippen molar-refractivity contribution < 1.29 is 9.47 Å². The molecule has 0 aliphatic heterocycles. The molecule has 19 heavy (non-hydrogen) atoms. The summed E-state index contributed by atoms with van der Waals surface area (Å²) in [6, 6.07) is 8.85. The highest BCUT2D eigenvalue weighted by molar-refractivity contribution is 5.29. The van der Waals surface area contributed by atoms with Crippen molar-refractivity contribution in [3.8, 4) is 0 Å². The number of rotatable bonds is 8. The van der Waals surface area contributed by atoms with E-state index < -0.39 is 0 Å². The van der Waals surface area contributed by atoms with Gasteiger partial charge in [0.2, 0.25) is 0 Å². The van der Waals surface area contributed by atoms with E-state index in [1.807, 2.05) is 0 Å². The van der Waals surface area contributed by atoms with E-state index in [9.17, 15) is 0 Å². The van der Waals surface area contributed by atoms with Gasteiger partial charge in [0.1, 0.15) is 0 Å². The summed E-state index contributed by atoms with van der Waals surface area (Å²) in [5.74, 6) is 0.769. The van der Waals surface area contributed by atoms with Crippen molar-refractivity contribution >= 4 is 0 Å². The Kier molecular flexibility index (Phi) is 5.83. The Labute approximate surface area is 116 Å². The van der Waals surface area contributed by atoms with Crippen molar-refractivity contribution in [3.63, 3.8) is 0 Å². The molecular weight excluding hydrogens is 238 g/mol. The molecule has 2 N–H and O–H groups in total. The number of benzene rings is 1. The average molecular weight is 263 g/mol. The van der Waals surface area contributed by atoms with E-state index in [2.05, 4.69) is 24.3 Å². The van der Waals surface area contributed by atoms with Gasteiger partial charge in [-0.25, -0.2) is 0 Å². The van der Waals surface area contributed by atoms with Crippen molar-refractivity contribution in [1.82, 2.24) is 0 Å². The van der Waals surface area contributed by atoms with Crippen LogP contribution in [0.2, 0.25) is 0 Å². The first-order valence-electron chi connectivity index (χ1n) is 7.23. The molecule has 0 radical (unpaired) electrons. The Balaban J connectivity index is 1.79. The van der Waals surface area contributed by atoms with Gasteiger partial charge in [-0.1, -0.05) is 30.7 Å². The molecule has 0 spiro atoms. The average Bonchev–Trinajstić information content (AvgIpc) is 2.36. The molecule has 1 fully saturated rings. The number of methoxy groups -OCH3 is 1. The van der Waals surface area contributed by atoms with Crippen LogP contribution in [0.3, 0.4) is 0 Å². The molecule has 1 saturated carbocycles. The topological polar surface area (TPSA) is 44.5 Å².